The van der Waals surface area contributed by atoms with Gasteiger partial charge in [-0.3, -0.25) is 9.69 Å². The lowest BCUT2D eigenvalue weighted by Gasteiger charge is -2.44. The van der Waals surface area contributed by atoms with Crippen LogP contribution in [0.15, 0.2) is 48.5 Å². The molecule has 2 atom stereocenters. The van der Waals surface area contributed by atoms with Crippen molar-refractivity contribution in [2.75, 3.05) is 38.7 Å². The van der Waals surface area contributed by atoms with Crippen LogP contribution in [0.4, 0.5) is 10.1 Å². The fraction of sp³-hybridized carbons (Fsp3) is 0.417. The third kappa shape index (κ3) is 5.41. The summed E-state index contributed by atoms with van der Waals surface area (Å²) in [5.74, 6) is -0.623. The molecule has 1 aliphatic rings. The Labute approximate surface area is 183 Å². The first-order valence-corrected chi connectivity index (χ1v) is 10.5. The van der Waals surface area contributed by atoms with Crippen LogP contribution < -0.4 is 4.90 Å². The molecule has 31 heavy (non-hydrogen) atoms. The number of hydrogen-bond donors (Lipinski definition) is 0. The van der Waals surface area contributed by atoms with E-state index in [4.69, 9.17) is 4.74 Å². The van der Waals surface area contributed by atoms with E-state index in [0.29, 0.717) is 12.1 Å². The van der Waals surface area contributed by atoms with E-state index in [0.717, 1.165) is 30.9 Å². The zero-order chi connectivity index (χ0) is 22.5. The number of carbonyl (C=O) groups excluding carboxylic acids is 2. The lowest BCUT2D eigenvalue weighted by molar-refractivity contribution is -0.136. The van der Waals surface area contributed by atoms with Gasteiger partial charge < -0.3 is 14.5 Å². The quantitative estimate of drug-likeness (QED) is 0.663. The highest BCUT2D eigenvalue weighted by Gasteiger charge is 2.32. The van der Waals surface area contributed by atoms with Crippen molar-refractivity contribution < 1.29 is 18.7 Å². The fourth-order valence-electron chi connectivity index (χ4n) is 4.16. The van der Waals surface area contributed by atoms with Crippen LogP contribution in [0, 0.1) is 5.82 Å². The Morgan fingerprint density at radius 3 is 2.52 bits per heavy atom. The molecule has 0 bridgehead atoms. The lowest BCUT2D eigenvalue weighted by atomic mass is 10.1. The van der Waals surface area contributed by atoms with Gasteiger partial charge in [0.2, 0.25) is 5.91 Å². The number of nitrogens with zero attached hydrogens (tertiary/aromatic N) is 3. The summed E-state index contributed by atoms with van der Waals surface area (Å²) >= 11 is 0. The molecule has 0 spiro atoms. The Bertz CT molecular complexity index is 919. The van der Waals surface area contributed by atoms with Gasteiger partial charge in [0, 0.05) is 45.0 Å². The number of rotatable bonds is 6. The summed E-state index contributed by atoms with van der Waals surface area (Å²) in [6.07, 6.45) is 0. The predicted molar refractivity (Wildman–Crippen MR) is 118 cm³/mol. The molecule has 6 nitrogen and oxygen atoms in total. The molecular weight excluding hydrogens is 397 g/mol. The lowest BCUT2D eigenvalue weighted by Crippen LogP contribution is -2.58. The van der Waals surface area contributed by atoms with Crippen LogP contribution in [-0.2, 0) is 16.1 Å². The van der Waals surface area contributed by atoms with E-state index < -0.39 is 0 Å². The fourth-order valence-corrected chi connectivity index (χ4v) is 4.16. The molecule has 2 aromatic rings. The van der Waals surface area contributed by atoms with Gasteiger partial charge in [-0.1, -0.05) is 12.1 Å². The number of likely N-dealkylation sites (N-methyl/N-ethyl adjacent to an activating group) is 1. The minimum absolute atomic E-state index is 0.0204. The van der Waals surface area contributed by atoms with Crippen LogP contribution in [0.25, 0.3) is 0 Å². The van der Waals surface area contributed by atoms with Gasteiger partial charge in [-0.15, -0.1) is 0 Å². The standard InChI is InChI=1S/C24H30FN3O3/c1-17-15-27(22-10-8-20(9-11-22)24(30)31-4)12-13-28(17)18(2)23(29)26(3)16-19-6-5-7-21(25)14-19/h5-11,14,17-18H,12-13,15-16H2,1-4H3. The normalized spacial score (nSPS) is 17.8. The summed E-state index contributed by atoms with van der Waals surface area (Å²) < 4.78 is 18.2. The number of halogens is 1. The zero-order valence-corrected chi connectivity index (χ0v) is 18.5. The summed E-state index contributed by atoms with van der Waals surface area (Å²) in [7, 11) is 3.13. The highest BCUT2D eigenvalue weighted by molar-refractivity contribution is 5.89. The summed E-state index contributed by atoms with van der Waals surface area (Å²) in [5.41, 5.74) is 2.34. The number of ether oxygens (including phenoxy) is 1. The Morgan fingerprint density at radius 1 is 1.19 bits per heavy atom. The number of benzene rings is 2. The van der Waals surface area contributed by atoms with Crippen molar-refractivity contribution in [2.45, 2.75) is 32.5 Å². The molecule has 0 saturated carbocycles. The van der Waals surface area contributed by atoms with Gasteiger partial charge in [0.25, 0.3) is 0 Å². The van der Waals surface area contributed by atoms with Crippen molar-refractivity contribution in [3.05, 3.63) is 65.5 Å². The maximum Gasteiger partial charge on any atom is 0.337 e. The SMILES string of the molecule is COC(=O)c1ccc(N2CCN(C(C)C(=O)N(C)Cc3cccc(F)c3)C(C)C2)cc1. The smallest absolute Gasteiger partial charge is 0.337 e. The number of amides is 1. The van der Waals surface area contributed by atoms with Crippen molar-refractivity contribution in [1.29, 1.82) is 0 Å². The molecule has 1 saturated heterocycles. The Kier molecular flexibility index (Phi) is 7.28. The van der Waals surface area contributed by atoms with Crippen molar-refractivity contribution in [3.8, 4) is 0 Å². The molecule has 1 fully saturated rings. The third-order valence-electron chi connectivity index (χ3n) is 5.87. The van der Waals surface area contributed by atoms with Crippen LogP contribution in [0.3, 0.4) is 0 Å². The molecule has 166 valence electrons. The third-order valence-corrected chi connectivity index (χ3v) is 5.87. The van der Waals surface area contributed by atoms with Crippen molar-refractivity contribution in [3.63, 3.8) is 0 Å². The van der Waals surface area contributed by atoms with Gasteiger partial charge >= 0.3 is 5.97 Å². The molecule has 0 N–H and O–H groups in total. The molecular formula is C24H30FN3O3. The van der Waals surface area contributed by atoms with E-state index in [-0.39, 0.29) is 29.8 Å². The number of hydrogen-bond acceptors (Lipinski definition) is 5. The predicted octanol–water partition coefficient (Wildman–Crippen LogP) is 3.17. The Morgan fingerprint density at radius 2 is 1.90 bits per heavy atom. The monoisotopic (exact) mass is 427 g/mol. The summed E-state index contributed by atoms with van der Waals surface area (Å²) in [4.78, 5) is 30.7. The van der Waals surface area contributed by atoms with Crippen LogP contribution >= 0.6 is 0 Å². The van der Waals surface area contributed by atoms with Crippen molar-refractivity contribution in [2.24, 2.45) is 0 Å². The van der Waals surface area contributed by atoms with Crippen LogP contribution in [0.5, 0.6) is 0 Å². The second-order valence-corrected chi connectivity index (χ2v) is 8.07. The molecule has 0 aliphatic carbocycles. The van der Waals surface area contributed by atoms with Crippen LogP contribution in [0.2, 0.25) is 0 Å². The summed E-state index contributed by atoms with van der Waals surface area (Å²) in [5, 5.41) is 0. The van der Waals surface area contributed by atoms with Crippen molar-refractivity contribution >= 4 is 17.6 Å². The van der Waals surface area contributed by atoms with Gasteiger partial charge in [0.1, 0.15) is 5.82 Å². The van der Waals surface area contributed by atoms with Gasteiger partial charge in [-0.2, -0.15) is 0 Å². The maximum atomic E-state index is 13.4. The molecule has 1 aliphatic heterocycles. The first kappa shape index (κ1) is 22.7. The van der Waals surface area contributed by atoms with E-state index in [2.05, 4.69) is 16.7 Å². The van der Waals surface area contributed by atoms with Crippen molar-refractivity contribution in [1.82, 2.24) is 9.80 Å². The second-order valence-electron chi connectivity index (χ2n) is 8.07. The van der Waals surface area contributed by atoms with E-state index in [1.54, 1.807) is 30.1 Å². The second kappa shape index (κ2) is 9.92. The number of carbonyl (C=O) groups is 2. The molecule has 1 amide bonds. The first-order chi connectivity index (χ1) is 14.8. The number of methoxy groups -OCH3 is 1. The van der Waals surface area contributed by atoms with E-state index >= 15 is 0 Å². The number of anilines is 1. The highest BCUT2D eigenvalue weighted by atomic mass is 19.1. The highest BCUT2D eigenvalue weighted by Crippen LogP contribution is 2.22. The average Bonchev–Trinajstić information content (AvgIpc) is 2.77. The first-order valence-electron chi connectivity index (χ1n) is 10.5. The molecule has 2 unspecified atom stereocenters. The Balaban J connectivity index is 1.59. The van der Waals surface area contributed by atoms with E-state index in [1.807, 2.05) is 25.1 Å². The molecule has 2 aromatic carbocycles. The molecule has 1 heterocycles. The van der Waals surface area contributed by atoms with E-state index in [9.17, 15) is 14.0 Å². The summed E-state index contributed by atoms with van der Waals surface area (Å²) in [6.45, 7) is 6.74. The van der Waals surface area contributed by atoms with Gasteiger partial charge in [-0.05, 0) is 55.8 Å². The van der Waals surface area contributed by atoms with Crippen LogP contribution in [-0.4, -0.2) is 67.6 Å². The van der Waals surface area contributed by atoms with Gasteiger partial charge in [-0.25, -0.2) is 9.18 Å². The summed E-state index contributed by atoms with van der Waals surface area (Å²) in [6, 6.07) is 13.6. The molecule has 0 aromatic heterocycles. The van der Waals surface area contributed by atoms with Gasteiger partial charge in [0.15, 0.2) is 0 Å². The van der Waals surface area contributed by atoms with Gasteiger partial charge in [0.05, 0.1) is 18.7 Å². The maximum absolute atomic E-state index is 13.4. The number of piperazine rings is 1. The van der Waals surface area contributed by atoms with Crippen LogP contribution in [0.1, 0.15) is 29.8 Å². The largest absolute Gasteiger partial charge is 0.465 e. The molecule has 3 rings (SSSR count). The minimum Gasteiger partial charge on any atom is -0.465 e. The minimum atomic E-state index is -0.348. The Hall–Kier alpha value is -2.93. The number of esters is 1. The zero-order valence-electron chi connectivity index (χ0n) is 18.5. The van der Waals surface area contributed by atoms with E-state index in [1.165, 1.54) is 19.2 Å². The topological polar surface area (TPSA) is 53.1 Å². The molecule has 0 radical (unpaired) electrons. The molecule has 7 heteroatoms. The average molecular weight is 428 g/mol.